The molecular formula is C14H12ClNO3. The molecule has 0 aromatic heterocycles. The van der Waals surface area contributed by atoms with Crippen molar-refractivity contribution in [3.8, 4) is 12.3 Å². The summed E-state index contributed by atoms with van der Waals surface area (Å²) in [6.07, 6.45) is 7.68. The molecule has 0 atom stereocenters. The summed E-state index contributed by atoms with van der Waals surface area (Å²) in [6, 6.07) is 7.05. The summed E-state index contributed by atoms with van der Waals surface area (Å²) in [5.41, 5.74) is 0.692. The zero-order valence-electron chi connectivity index (χ0n) is 10.1. The minimum atomic E-state index is -0.629. The van der Waals surface area contributed by atoms with Crippen molar-refractivity contribution in [2.75, 3.05) is 13.2 Å². The quantitative estimate of drug-likeness (QED) is 0.506. The summed E-state index contributed by atoms with van der Waals surface area (Å²) in [5.74, 6) is 1.16. The van der Waals surface area contributed by atoms with E-state index in [1.165, 1.54) is 12.2 Å². The van der Waals surface area contributed by atoms with E-state index in [1.54, 1.807) is 24.3 Å². The van der Waals surface area contributed by atoms with E-state index >= 15 is 0 Å². The minimum Gasteiger partial charge on any atom is -0.452 e. The molecule has 0 radical (unpaired) electrons. The lowest BCUT2D eigenvalue weighted by Gasteiger charge is -2.02. The molecule has 0 aliphatic carbocycles. The van der Waals surface area contributed by atoms with Gasteiger partial charge >= 0.3 is 5.97 Å². The molecule has 0 bridgehead atoms. The van der Waals surface area contributed by atoms with Gasteiger partial charge in [-0.2, -0.15) is 0 Å². The topological polar surface area (TPSA) is 55.4 Å². The van der Waals surface area contributed by atoms with E-state index < -0.39 is 11.9 Å². The molecule has 1 aromatic rings. The van der Waals surface area contributed by atoms with Gasteiger partial charge in [0.2, 0.25) is 0 Å². The van der Waals surface area contributed by atoms with Crippen LogP contribution in [0.1, 0.15) is 5.56 Å². The van der Waals surface area contributed by atoms with Gasteiger partial charge in [-0.25, -0.2) is 4.79 Å². The van der Waals surface area contributed by atoms with Crippen molar-refractivity contribution in [2.24, 2.45) is 0 Å². The van der Waals surface area contributed by atoms with E-state index in [9.17, 15) is 9.59 Å². The van der Waals surface area contributed by atoms with Crippen molar-refractivity contribution >= 4 is 29.6 Å². The van der Waals surface area contributed by atoms with E-state index in [1.807, 2.05) is 0 Å². The molecule has 0 fully saturated rings. The van der Waals surface area contributed by atoms with Crippen LogP contribution in [0.2, 0.25) is 5.02 Å². The Balaban J connectivity index is 2.42. The second-order valence-electron chi connectivity index (χ2n) is 3.44. The smallest absolute Gasteiger partial charge is 0.331 e. The Hall–Kier alpha value is -2.25. The number of ether oxygens (including phenoxy) is 1. The van der Waals surface area contributed by atoms with E-state index in [2.05, 4.69) is 11.2 Å². The lowest BCUT2D eigenvalue weighted by atomic mass is 10.2. The Kier molecular flexibility index (Phi) is 6.20. The van der Waals surface area contributed by atoms with Crippen LogP contribution in [0.5, 0.6) is 0 Å². The van der Waals surface area contributed by atoms with Crippen LogP contribution in [-0.2, 0) is 14.3 Å². The Bertz CT molecular complexity index is 532. The molecule has 1 N–H and O–H groups in total. The maximum atomic E-state index is 11.3. The zero-order valence-corrected chi connectivity index (χ0v) is 10.8. The van der Waals surface area contributed by atoms with E-state index in [-0.39, 0.29) is 13.2 Å². The van der Waals surface area contributed by atoms with Crippen LogP contribution < -0.4 is 5.32 Å². The summed E-state index contributed by atoms with van der Waals surface area (Å²) < 4.78 is 4.71. The van der Waals surface area contributed by atoms with E-state index in [0.717, 1.165) is 0 Å². The predicted octanol–water partition coefficient (Wildman–Crippen LogP) is 1.65. The van der Waals surface area contributed by atoms with Gasteiger partial charge < -0.3 is 10.1 Å². The third kappa shape index (κ3) is 5.75. The van der Waals surface area contributed by atoms with Crippen LogP contribution >= 0.6 is 11.6 Å². The second kappa shape index (κ2) is 7.96. The summed E-state index contributed by atoms with van der Waals surface area (Å²) in [5, 5.41) is 2.90. The number of carbonyl (C=O) groups is 2. The van der Waals surface area contributed by atoms with Gasteiger partial charge in [0, 0.05) is 11.1 Å². The highest BCUT2D eigenvalue weighted by Gasteiger charge is 2.03. The number of terminal acetylenes is 1. The lowest BCUT2D eigenvalue weighted by molar-refractivity contribution is -0.143. The van der Waals surface area contributed by atoms with Gasteiger partial charge in [-0.1, -0.05) is 35.7 Å². The first-order valence-electron chi connectivity index (χ1n) is 5.43. The lowest BCUT2D eigenvalue weighted by Crippen LogP contribution is -2.28. The highest BCUT2D eigenvalue weighted by molar-refractivity contribution is 6.32. The molecule has 0 unspecified atom stereocenters. The van der Waals surface area contributed by atoms with Crippen molar-refractivity contribution in [3.63, 3.8) is 0 Å². The predicted molar refractivity (Wildman–Crippen MR) is 73.3 cm³/mol. The number of benzene rings is 1. The summed E-state index contributed by atoms with van der Waals surface area (Å²) in [7, 11) is 0. The van der Waals surface area contributed by atoms with Crippen molar-refractivity contribution in [2.45, 2.75) is 0 Å². The van der Waals surface area contributed by atoms with Crippen molar-refractivity contribution in [1.82, 2.24) is 5.32 Å². The molecule has 98 valence electrons. The monoisotopic (exact) mass is 277 g/mol. The standard InChI is InChI=1S/C14H12ClNO3/c1-2-9-16-13(17)10-19-14(18)8-7-11-5-3-4-6-12(11)15/h1,3-8H,9-10H2,(H,16,17)/b8-7+. The van der Waals surface area contributed by atoms with Crippen LogP contribution in [0.25, 0.3) is 6.08 Å². The normalized spacial score (nSPS) is 9.89. The summed E-state index contributed by atoms with van der Waals surface area (Å²) >= 11 is 5.91. The number of carbonyl (C=O) groups excluding carboxylic acids is 2. The van der Waals surface area contributed by atoms with Gasteiger partial charge in [0.1, 0.15) is 0 Å². The zero-order chi connectivity index (χ0) is 14.1. The Morgan fingerprint density at radius 2 is 2.16 bits per heavy atom. The van der Waals surface area contributed by atoms with Crippen molar-refractivity contribution < 1.29 is 14.3 Å². The van der Waals surface area contributed by atoms with Crippen LogP contribution in [-0.4, -0.2) is 25.0 Å². The minimum absolute atomic E-state index is 0.103. The van der Waals surface area contributed by atoms with Gasteiger partial charge in [-0.05, 0) is 17.7 Å². The van der Waals surface area contributed by atoms with Gasteiger partial charge in [-0.3, -0.25) is 4.79 Å². The average molecular weight is 278 g/mol. The molecule has 0 aliphatic rings. The number of hydrogen-bond donors (Lipinski definition) is 1. The number of hydrogen-bond acceptors (Lipinski definition) is 3. The Morgan fingerprint density at radius 3 is 2.84 bits per heavy atom. The Labute approximate surface area is 116 Å². The number of amides is 1. The molecule has 0 aliphatic heterocycles. The third-order valence-electron chi connectivity index (χ3n) is 2.04. The average Bonchev–Trinajstić information content (AvgIpc) is 2.42. The highest BCUT2D eigenvalue weighted by atomic mass is 35.5. The van der Waals surface area contributed by atoms with Crippen molar-refractivity contribution in [1.29, 1.82) is 0 Å². The number of nitrogens with one attached hydrogen (secondary N) is 1. The molecule has 0 heterocycles. The van der Waals surface area contributed by atoms with Gasteiger partial charge in [0.05, 0.1) is 6.54 Å². The Morgan fingerprint density at radius 1 is 1.42 bits per heavy atom. The maximum Gasteiger partial charge on any atom is 0.331 e. The molecule has 1 aromatic carbocycles. The maximum absolute atomic E-state index is 11.3. The molecule has 0 spiro atoms. The number of rotatable bonds is 5. The van der Waals surface area contributed by atoms with Gasteiger partial charge in [-0.15, -0.1) is 6.42 Å². The fourth-order valence-electron chi connectivity index (χ4n) is 1.15. The molecule has 0 saturated carbocycles. The fraction of sp³-hybridized carbons (Fsp3) is 0.143. The van der Waals surface area contributed by atoms with Crippen LogP contribution in [0, 0.1) is 12.3 Å². The number of esters is 1. The van der Waals surface area contributed by atoms with Crippen LogP contribution in [0.4, 0.5) is 0 Å². The van der Waals surface area contributed by atoms with Gasteiger partial charge in [0.25, 0.3) is 5.91 Å². The molecule has 5 heteroatoms. The first-order chi connectivity index (χ1) is 9.13. The van der Waals surface area contributed by atoms with Crippen molar-refractivity contribution in [3.05, 3.63) is 40.9 Å². The molecule has 4 nitrogen and oxygen atoms in total. The van der Waals surface area contributed by atoms with Crippen LogP contribution in [0.15, 0.2) is 30.3 Å². The summed E-state index contributed by atoms with van der Waals surface area (Å²) in [4.78, 5) is 22.4. The highest BCUT2D eigenvalue weighted by Crippen LogP contribution is 2.16. The fourth-order valence-corrected chi connectivity index (χ4v) is 1.35. The summed E-state index contributed by atoms with van der Waals surface area (Å²) in [6.45, 7) is -0.265. The third-order valence-corrected chi connectivity index (χ3v) is 2.38. The molecule has 0 saturated heterocycles. The molecular weight excluding hydrogens is 266 g/mol. The van der Waals surface area contributed by atoms with Gasteiger partial charge in [0.15, 0.2) is 6.61 Å². The van der Waals surface area contributed by atoms with Crippen LogP contribution in [0.3, 0.4) is 0 Å². The molecule has 1 rings (SSSR count). The second-order valence-corrected chi connectivity index (χ2v) is 3.85. The molecule has 1 amide bonds. The SMILES string of the molecule is C#CCNC(=O)COC(=O)/C=C/c1ccccc1Cl. The van der Waals surface area contributed by atoms with E-state index in [0.29, 0.717) is 10.6 Å². The largest absolute Gasteiger partial charge is 0.452 e. The van der Waals surface area contributed by atoms with E-state index in [4.69, 9.17) is 22.8 Å². The first-order valence-corrected chi connectivity index (χ1v) is 5.81. The molecule has 19 heavy (non-hydrogen) atoms. The number of halogens is 1. The first kappa shape index (κ1) is 14.8.